The average Bonchev–Trinajstić information content (AvgIpc) is 1.38. The van der Waals surface area contributed by atoms with Crippen LogP contribution in [0.3, 0.4) is 0 Å². The van der Waals surface area contributed by atoms with Gasteiger partial charge in [0.15, 0.2) is 0 Å². The van der Waals surface area contributed by atoms with Crippen LogP contribution in [-0.2, 0) is 0 Å². The first-order chi connectivity index (χ1) is 2.27. The molecule has 0 aliphatic heterocycles. The molecule has 0 fully saturated rings. The Balaban J connectivity index is 2.54. The van der Waals surface area contributed by atoms with Crippen LogP contribution < -0.4 is 0 Å². The van der Waals surface area contributed by atoms with Crippen molar-refractivity contribution in [3.63, 3.8) is 0 Å². The van der Waals surface area contributed by atoms with E-state index in [1.165, 1.54) is 4.44 Å². The van der Waals surface area contributed by atoms with Crippen molar-refractivity contribution in [1.29, 1.82) is 0 Å². The quantitative estimate of drug-likeness (QED) is 0.527. The van der Waals surface area contributed by atoms with E-state index in [-0.39, 0.29) is 0 Å². The molecule has 0 N–H and O–H groups in total. The summed E-state index contributed by atoms with van der Waals surface area (Å²) in [6, 6.07) is 0. The summed E-state index contributed by atoms with van der Waals surface area (Å²) < 4.78 is 1.40. The van der Waals surface area contributed by atoms with Crippen LogP contribution in [0.1, 0.15) is 13.8 Å². The second-order valence-corrected chi connectivity index (χ2v) is 2.76. The first-order valence-corrected chi connectivity index (χ1v) is 3.93. The van der Waals surface area contributed by atoms with Gasteiger partial charge in [-0.05, 0) is 0 Å². The van der Waals surface area contributed by atoms with Gasteiger partial charge in [-0.1, -0.05) is 0 Å². The molecule has 1 heteroatoms. The first-order valence-electron chi connectivity index (χ1n) is 1.92. The Hall–Kier alpha value is 0.799. The van der Waals surface area contributed by atoms with E-state index in [1.54, 1.807) is 22.5 Å². The molecule has 0 saturated carbocycles. The summed E-state index contributed by atoms with van der Waals surface area (Å²) in [5, 5.41) is 0. The van der Waals surface area contributed by atoms with Crippen LogP contribution in [-0.4, -0.2) is 22.5 Å². The van der Waals surface area contributed by atoms with Crippen LogP contribution in [0.15, 0.2) is 0 Å². The van der Waals surface area contributed by atoms with E-state index in [2.05, 4.69) is 13.8 Å². The topological polar surface area (TPSA) is 0 Å². The summed E-state index contributed by atoms with van der Waals surface area (Å²) in [6.45, 7) is 4.49. The fourth-order valence-corrected chi connectivity index (χ4v) is 0. The van der Waals surface area contributed by atoms with E-state index >= 15 is 0 Å². The van der Waals surface area contributed by atoms with E-state index in [1.807, 2.05) is 0 Å². The Morgan fingerprint density at radius 3 is 1.80 bits per heavy atom. The molecule has 0 aliphatic carbocycles. The zero-order chi connectivity index (χ0) is 4.28. The van der Waals surface area contributed by atoms with Crippen LogP contribution in [0.25, 0.3) is 0 Å². The Bertz CT molecular complexity index is 17.6. The second kappa shape index (κ2) is 3.01. The van der Waals surface area contributed by atoms with Crippen molar-refractivity contribution < 1.29 is 0 Å². The molecule has 0 nitrogen and oxygen atoms in total. The Kier molecular flexibility index (Phi) is 3.49. The molecule has 0 aromatic carbocycles. The summed E-state index contributed by atoms with van der Waals surface area (Å²) >= 11 is 1.66. The van der Waals surface area contributed by atoms with Crippen molar-refractivity contribution in [2.75, 3.05) is 0 Å². The molecule has 0 aromatic heterocycles. The van der Waals surface area contributed by atoms with Gasteiger partial charge in [-0.15, -0.1) is 0 Å². The van der Waals surface area contributed by atoms with Crippen molar-refractivity contribution in [2.24, 2.45) is 5.92 Å². The number of hydrogen-bond donors (Lipinski definition) is 0. The molecule has 29 valence electrons. The Morgan fingerprint density at radius 2 is 1.80 bits per heavy atom. The van der Waals surface area contributed by atoms with Gasteiger partial charge in [0.05, 0.1) is 0 Å². The Labute approximate surface area is 47.0 Å². The summed E-state index contributed by atoms with van der Waals surface area (Å²) in [4.78, 5) is 0. The van der Waals surface area contributed by atoms with Crippen molar-refractivity contribution in [2.45, 2.75) is 18.3 Å². The van der Waals surface area contributed by atoms with E-state index in [0.717, 1.165) is 5.92 Å². The predicted octanol–water partition coefficient (Wildman–Crippen LogP) is 1.23. The van der Waals surface area contributed by atoms with Crippen LogP contribution in [0.4, 0.5) is 0 Å². The molecule has 0 amide bonds. The van der Waals surface area contributed by atoms with Gasteiger partial charge in [-0.25, -0.2) is 0 Å². The molecule has 0 saturated heterocycles. The molecular weight excluding hydrogens is 167 g/mol. The van der Waals surface area contributed by atoms with Crippen LogP contribution in [0, 0.1) is 5.92 Å². The fourth-order valence-electron chi connectivity index (χ4n) is 0. The molecule has 3 radical (unpaired) electrons. The monoisotopic (exact) mass is 177 g/mol. The molecule has 0 rings (SSSR count). The molecule has 0 atom stereocenters. The minimum atomic E-state index is 0.924. The fraction of sp³-hybridized carbons (Fsp3) is 1.00. The van der Waals surface area contributed by atoms with Gasteiger partial charge in [0.1, 0.15) is 0 Å². The van der Waals surface area contributed by atoms with Crippen LogP contribution >= 0.6 is 0 Å². The van der Waals surface area contributed by atoms with Gasteiger partial charge in [-0.3, -0.25) is 0 Å². The third kappa shape index (κ3) is 4.80. The van der Waals surface area contributed by atoms with Gasteiger partial charge < -0.3 is 0 Å². The SMILES string of the molecule is CC(C)[CH2][Sn]. The van der Waals surface area contributed by atoms with E-state index in [9.17, 15) is 0 Å². The van der Waals surface area contributed by atoms with Crippen molar-refractivity contribution in [3.05, 3.63) is 0 Å². The molecule has 0 unspecified atom stereocenters. The third-order valence-electron chi connectivity index (χ3n) is 0.408. The minimum absolute atomic E-state index is 0.924. The number of rotatable bonds is 1. The van der Waals surface area contributed by atoms with Crippen molar-refractivity contribution in [3.8, 4) is 0 Å². The first kappa shape index (κ1) is 5.80. The average molecular weight is 176 g/mol. The van der Waals surface area contributed by atoms with Gasteiger partial charge in [-0.2, -0.15) is 0 Å². The summed E-state index contributed by atoms with van der Waals surface area (Å²) in [7, 11) is 0. The predicted molar refractivity (Wildman–Crippen MR) is 25.4 cm³/mol. The van der Waals surface area contributed by atoms with Gasteiger partial charge in [0, 0.05) is 0 Å². The maximum atomic E-state index is 2.24. The standard InChI is InChI=1S/C4H9.Sn/c1-4(2)3;/h4H,1H2,2-3H3;. The molecule has 0 heterocycles. The summed E-state index contributed by atoms with van der Waals surface area (Å²) in [6.07, 6.45) is 0. The molecule has 0 aromatic rings. The molecular formula is C4H9Sn. The zero-order valence-corrected chi connectivity index (χ0v) is 6.64. The van der Waals surface area contributed by atoms with Crippen molar-refractivity contribution >= 4 is 22.5 Å². The number of hydrogen-bond acceptors (Lipinski definition) is 0. The summed E-state index contributed by atoms with van der Waals surface area (Å²) in [5.41, 5.74) is 0. The van der Waals surface area contributed by atoms with E-state index in [4.69, 9.17) is 0 Å². The van der Waals surface area contributed by atoms with Crippen LogP contribution in [0.5, 0.6) is 0 Å². The van der Waals surface area contributed by atoms with Gasteiger partial charge in [0.2, 0.25) is 0 Å². The van der Waals surface area contributed by atoms with E-state index in [0.29, 0.717) is 0 Å². The summed E-state index contributed by atoms with van der Waals surface area (Å²) in [5.74, 6) is 0.924. The maximum absolute atomic E-state index is 2.24. The third-order valence-corrected chi connectivity index (χ3v) is 2.74. The molecule has 0 spiro atoms. The van der Waals surface area contributed by atoms with E-state index < -0.39 is 0 Å². The Morgan fingerprint density at radius 1 is 1.60 bits per heavy atom. The normalized spacial score (nSPS) is 9.60. The second-order valence-electron chi connectivity index (χ2n) is 1.60. The zero-order valence-electron chi connectivity index (χ0n) is 3.78. The van der Waals surface area contributed by atoms with Crippen LogP contribution in [0.2, 0.25) is 4.44 Å². The van der Waals surface area contributed by atoms with Gasteiger partial charge in [0.25, 0.3) is 0 Å². The van der Waals surface area contributed by atoms with Gasteiger partial charge >= 0.3 is 46.7 Å². The van der Waals surface area contributed by atoms with Crippen molar-refractivity contribution in [1.82, 2.24) is 0 Å². The molecule has 0 bridgehead atoms. The molecule has 0 aliphatic rings. The molecule has 5 heavy (non-hydrogen) atoms.